The zero-order valence-electron chi connectivity index (χ0n) is 13.6. The van der Waals surface area contributed by atoms with Crippen molar-refractivity contribution in [2.75, 3.05) is 26.2 Å². The predicted molar refractivity (Wildman–Crippen MR) is 92.1 cm³/mol. The first-order valence-electron chi connectivity index (χ1n) is 7.92. The number of amides is 1. The van der Waals surface area contributed by atoms with Gasteiger partial charge in [0, 0.05) is 38.6 Å². The number of H-pyrrole nitrogens is 1. The molecule has 1 N–H and O–H groups in total. The Bertz CT molecular complexity index is 807. The molecule has 1 aliphatic rings. The van der Waals surface area contributed by atoms with E-state index in [1.165, 1.54) is 4.31 Å². The van der Waals surface area contributed by atoms with Crippen molar-refractivity contribution >= 4 is 15.9 Å². The van der Waals surface area contributed by atoms with E-state index < -0.39 is 10.0 Å². The number of benzene rings is 1. The van der Waals surface area contributed by atoms with E-state index in [0.717, 1.165) is 11.1 Å². The lowest BCUT2D eigenvalue weighted by Gasteiger charge is -2.34. The Morgan fingerprint density at radius 1 is 1.12 bits per heavy atom. The molecular weight excluding hydrogens is 326 g/mol. The lowest BCUT2D eigenvalue weighted by atomic mass is 10.1. The van der Waals surface area contributed by atoms with Gasteiger partial charge in [0.1, 0.15) is 0 Å². The average molecular weight is 347 g/mol. The smallest absolute Gasteiger partial charge is 0.255 e. The molecule has 1 aliphatic heterocycles. The third-order valence-electron chi connectivity index (χ3n) is 4.36. The number of nitrogens with zero attached hydrogens (tertiary/aromatic N) is 2. The van der Waals surface area contributed by atoms with Crippen LogP contribution in [0.3, 0.4) is 0 Å². The molecule has 0 bridgehead atoms. The van der Waals surface area contributed by atoms with Crippen molar-refractivity contribution in [1.82, 2.24) is 14.2 Å². The summed E-state index contributed by atoms with van der Waals surface area (Å²) in [6.45, 7) is 3.42. The normalized spacial score (nSPS) is 16.3. The Morgan fingerprint density at radius 3 is 2.46 bits per heavy atom. The highest BCUT2D eigenvalue weighted by atomic mass is 32.2. The largest absolute Gasteiger partial charge is 0.367 e. The van der Waals surface area contributed by atoms with Gasteiger partial charge in [0.25, 0.3) is 5.91 Å². The van der Waals surface area contributed by atoms with Gasteiger partial charge in [-0.05, 0) is 24.1 Å². The summed E-state index contributed by atoms with van der Waals surface area (Å²) in [5.41, 5.74) is 2.40. The summed E-state index contributed by atoms with van der Waals surface area (Å²) in [6, 6.07) is 9.24. The second-order valence-electron chi connectivity index (χ2n) is 5.97. The fraction of sp³-hybridized carbons (Fsp3) is 0.353. The third-order valence-corrected chi connectivity index (χ3v) is 6.19. The highest BCUT2D eigenvalue weighted by Gasteiger charge is 2.29. The monoisotopic (exact) mass is 347 g/mol. The molecule has 24 heavy (non-hydrogen) atoms. The molecule has 0 spiro atoms. The maximum Gasteiger partial charge on any atom is 0.255 e. The Morgan fingerprint density at radius 2 is 1.83 bits per heavy atom. The van der Waals surface area contributed by atoms with E-state index in [9.17, 15) is 13.2 Å². The molecule has 0 saturated carbocycles. The van der Waals surface area contributed by atoms with Crippen molar-refractivity contribution in [3.8, 4) is 0 Å². The number of hydrogen-bond donors (Lipinski definition) is 1. The van der Waals surface area contributed by atoms with E-state index in [1.807, 2.05) is 31.2 Å². The van der Waals surface area contributed by atoms with Crippen LogP contribution in [0.2, 0.25) is 0 Å². The minimum atomic E-state index is -3.37. The average Bonchev–Trinajstić information content (AvgIpc) is 3.11. The quantitative estimate of drug-likeness (QED) is 0.913. The molecule has 128 valence electrons. The number of carbonyl (C=O) groups excluding carboxylic acids is 1. The summed E-state index contributed by atoms with van der Waals surface area (Å²) >= 11 is 0. The molecule has 1 saturated heterocycles. The zero-order chi connectivity index (χ0) is 17.2. The van der Waals surface area contributed by atoms with Crippen LogP contribution in [0.1, 0.15) is 21.5 Å². The summed E-state index contributed by atoms with van der Waals surface area (Å²) in [5.74, 6) is -0.0574. The summed E-state index contributed by atoms with van der Waals surface area (Å²) in [6.07, 6.45) is 3.36. The van der Waals surface area contributed by atoms with Gasteiger partial charge in [0.15, 0.2) is 0 Å². The molecule has 1 aromatic heterocycles. The van der Waals surface area contributed by atoms with E-state index in [1.54, 1.807) is 23.4 Å². The van der Waals surface area contributed by atoms with E-state index in [2.05, 4.69) is 4.98 Å². The van der Waals surface area contributed by atoms with Crippen LogP contribution in [-0.2, 0) is 15.8 Å². The molecule has 0 radical (unpaired) electrons. The topological polar surface area (TPSA) is 73.5 Å². The second-order valence-corrected chi connectivity index (χ2v) is 7.94. The van der Waals surface area contributed by atoms with E-state index in [0.29, 0.717) is 31.7 Å². The molecule has 0 unspecified atom stereocenters. The van der Waals surface area contributed by atoms with Gasteiger partial charge in [-0.1, -0.05) is 24.3 Å². The number of aromatic amines is 1. The Hall–Kier alpha value is -2.12. The SMILES string of the molecule is Cc1ccccc1CS(=O)(=O)N1CCN(C(=O)c2cc[nH]c2)CC1. The molecule has 3 rings (SSSR count). The van der Waals surface area contributed by atoms with Crippen LogP contribution in [0.15, 0.2) is 42.7 Å². The van der Waals surface area contributed by atoms with Crippen molar-refractivity contribution in [1.29, 1.82) is 0 Å². The van der Waals surface area contributed by atoms with Crippen molar-refractivity contribution in [2.24, 2.45) is 0 Å². The lowest BCUT2D eigenvalue weighted by molar-refractivity contribution is 0.0698. The lowest BCUT2D eigenvalue weighted by Crippen LogP contribution is -2.50. The molecule has 6 nitrogen and oxygen atoms in total. The van der Waals surface area contributed by atoms with E-state index in [-0.39, 0.29) is 11.7 Å². The highest BCUT2D eigenvalue weighted by Crippen LogP contribution is 2.17. The van der Waals surface area contributed by atoms with Crippen molar-refractivity contribution in [2.45, 2.75) is 12.7 Å². The maximum atomic E-state index is 12.6. The van der Waals surface area contributed by atoms with Crippen molar-refractivity contribution < 1.29 is 13.2 Å². The highest BCUT2D eigenvalue weighted by molar-refractivity contribution is 7.88. The summed E-state index contributed by atoms with van der Waals surface area (Å²) in [7, 11) is -3.37. The molecule has 0 atom stereocenters. The van der Waals surface area contributed by atoms with Gasteiger partial charge in [0.05, 0.1) is 11.3 Å². The number of sulfonamides is 1. The van der Waals surface area contributed by atoms with Gasteiger partial charge in [-0.25, -0.2) is 8.42 Å². The van der Waals surface area contributed by atoms with Crippen molar-refractivity contribution in [3.63, 3.8) is 0 Å². The molecule has 1 fully saturated rings. The molecule has 7 heteroatoms. The van der Waals surface area contributed by atoms with Gasteiger partial charge in [-0.2, -0.15) is 4.31 Å². The summed E-state index contributed by atoms with van der Waals surface area (Å²) in [5, 5.41) is 0. The third kappa shape index (κ3) is 3.52. The minimum absolute atomic E-state index is 0.00539. The molecule has 1 amide bonds. The summed E-state index contributed by atoms with van der Waals surface area (Å²) in [4.78, 5) is 16.8. The van der Waals surface area contributed by atoms with Gasteiger partial charge in [-0.3, -0.25) is 4.79 Å². The molecule has 2 aromatic rings. The van der Waals surface area contributed by atoms with Crippen LogP contribution in [0, 0.1) is 6.92 Å². The minimum Gasteiger partial charge on any atom is -0.367 e. The number of aromatic nitrogens is 1. The second kappa shape index (κ2) is 6.78. The number of rotatable bonds is 4. The summed E-state index contributed by atoms with van der Waals surface area (Å²) < 4.78 is 26.7. The standard InChI is InChI=1S/C17H21N3O3S/c1-14-4-2-3-5-16(14)13-24(22,23)20-10-8-19(9-11-20)17(21)15-6-7-18-12-15/h2-7,12,18H,8-11,13H2,1H3. The van der Waals surface area contributed by atoms with E-state index >= 15 is 0 Å². The van der Waals surface area contributed by atoms with Crippen LogP contribution >= 0.6 is 0 Å². The molecule has 2 heterocycles. The Kier molecular flexibility index (Phi) is 4.73. The number of nitrogens with one attached hydrogen (secondary N) is 1. The molecular formula is C17H21N3O3S. The van der Waals surface area contributed by atoms with Gasteiger partial charge < -0.3 is 9.88 Å². The maximum absolute atomic E-state index is 12.6. The van der Waals surface area contributed by atoms with Crippen LogP contribution in [0.5, 0.6) is 0 Å². The number of aryl methyl sites for hydroxylation is 1. The number of carbonyl (C=O) groups is 1. The van der Waals surface area contributed by atoms with E-state index in [4.69, 9.17) is 0 Å². The predicted octanol–water partition coefficient (Wildman–Crippen LogP) is 1.61. The Labute approximate surface area is 142 Å². The van der Waals surface area contributed by atoms with Gasteiger partial charge in [0.2, 0.25) is 10.0 Å². The zero-order valence-corrected chi connectivity index (χ0v) is 14.4. The number of piperazine rings is 1. The molecule has 1 aromatic carbocycles. The van der Waals surface area contributed by atoms with Crippen LogP contribution in [-0.4, -0.2) is 54.7 Å². The van der Waals surface area contributed by atoms with Crippen LogP contribution < -0.4 is 0 Å². The first kappa shape index (κ1) is 16.7. The fourth-order valence-corrected chi connectivity index (χ4v) is 4.49. The first-order valence-corrected chi connectivity index (χ1v) is 9.53. The number of hydrogen-bond acceptors (Lipinski definition) is 3. The van der Waals surface area contributed by atoms with Gasteiger partial charge >= 0.3 is 0 Å². The first-order chi connectivity index (χ1) is 11.5. The Balaban J connectivity index is 1.63. The van der Waals surface area contributed by atoms with Crippen LogP contribution in [0.25, 0.3) is 0 Å². The molecule has 0 aliphatic carbocycles. The van der Waals surface area contributed by atoms with Gasteiger partial charge in [-0.15, -0.1) is 0 Å². The van der Waals surface area contributed by atoms with Crippen molar-refractivity contribution in [3.05, 3.63) is 59.4 Å². The van der Waals surface area contributed by atoms with Crippen LogP contribution in [0.4, 0.5) is 0 Å². The fourth-order valence-electron chi connectivity index (χ4n) is 2.87.